The van der Waals surface area contributed by atoms with Gasteiger partial charge in [-0.25, -0.2) is 0 Å². The molecule has 0 aliphatic carbocycles. The second-order valence-electron chi connectivity index (χ2n) is 4.98. The Morgan fingerprint density at radius 2 is 1.83 bits per heavy atom. The fourth-order valence-corrected chi connectivity index (χ4v) is 1.58. The van der Waals surface area contributed by atoms with Gasteiger partial charge in [0.05, 0.1) is 6.10 Å². The van der Waals surface area contributed by atoms with Gasteiger partial charge in [0, 0.05) is 6.04 Å². The maximum absolute atomic E-state index is 9.13. The lowest BCUT2D eigenvalue weighted by Crippen LogP contribution is -2.27. The van der Waals surface area contributed by atoms with Gasteiger partial charge in [0.1, 0.15) is 12.4 Å². The molecule has 0 aliphatic rings. The van der Waals surface area contributed by atoms with Gasteiger partial charge in [0.25, 0.3) is 0 Å². The van der Waals surface area contributed by atoms with E-state index in [-0.39, 0.29) is 6.04 Å². The Morgan fingerprint density at radius 3 is 2.28 bits per heavy atom. The summed E-state index contributed by atoms with van der Waals surface area (Å²) in [6, 6.07) is 7.60. The minimum absolute atomic E-state index is 0.0331. The second-order valence-corrected chi connectivity index (χ2v) is 4.98. The van der Waals surface area contributed by atoms with Crippen molar-refractivity contribution in [3.05, 3.63) is 36.4 Å². The van der Waals surface area contributed by atoms with Crippen LogP contribution in [0.1, 0.15) is 26.3 Å². The van der Waals surface area contributed by atoms with E-state index in [2.05, 4.69) is 20.4 Å². The molecule has 0 fully saturated rings. The van der Waals surface area contributed by atoms with E-state index in [4.69, 9.17) is 15.6 Å². The molecule has 3 N–H and O–H groups in total. The smallest absolute Gasteiger partial charge is 0.119 e. The Kier molecular flexibility index (Phi) is 5.38. The summed E-state index contributed by atoms with van der Waals surface area (Å²) in [5.74, 6) is 1.11. The molecule has 0 saturated carbocycles. The van der Waals surface area contributed by atoms with Gasteiger partial charge in [-0.3, -0.25) is 0 Å². The summed E-state index contributed by atoms with van der Waals surface area (Å²) < 4.78 is 5.40. The van der Waals surface area contributed by atoms with Crippen LogP contribution in [0.5, 0.6) is 5.75 Å². The van der Waals surface area contributed by atoms with Gasteiger partial charge in [-0.15, -0.1) is 0 Å². The molecule has 3 heteroatoms. The highest BCUT2D eigenvalue weighted by molar-refractivity contribution is 5.67. The summed E-state index contributed by atoms with van der Waals surface area (Å²) in [5.41, 5.74) is 8.03. The van der Waals surface area contributed by atoms with Crippen molar-refractivity contribution in [2.45, 2.75) is 32.9 Å². The lowest BCUT2D eigenvalue weighted by Gasteiger charge is -2.19. The zero-order chi connectivity index (χ0) is 13.7. The third-order valence-corrected chi connectivity index (χ3v) is 2.84. The van der Waals surface area contributed by atoms with E-state index in [0.29, 0.717) is 12.5 Å². The van der Waals surface area contributed by atoms with Crippen molar-refractivity contribution in [3.8, 4) is 5.75 Å². The van der Waals surface area contributed by atoms with Crippen LogP contribution < -0.4 is 10.5 Å². The average Bonchev–Trinajstić information content (AvgIpc) is 2.35. The molecule has 3 nitrogen and oxygen atoms in total. The van der Waals surface area contributed by atoms with E-state index in [1.165, 1.54) is 0 Å². The lowest BCUT2D eigenvalue weighted by molar-refractivity contribution is 0.123. The number of hydrogen-bond donors (Lipinski definition) is 2. The molecule has 0 bridgehead atoms. The third-order valence-electron chi connectivity index (χ3n) is 2.84. The Morgan fingerprint density at radius 1 is 1.28 bits per heavy atom. The fraction of sp³-hybridized carbons (Fsp3) is 0.467. The maximum atomic E-state index is 9.13. The first-order chi connectivity index (χ1) is 8.41. The molecule has 1 rings (SSSR count). The Balaban J connectivity index is 2.68. The normalized spacial score (nSPS) is 14.3. The third kappa shape index (κ3) is 4.17. The number of benzene rings is 1. The van der Waals surface area contributed by atoms with Crippen LogP contribution >= 0.6 is 0 Å². The van der Waals surface area contributed by atoms with E-state index in [1.807, 2.05) is 24.3 Å². The van der Waals surface area contributed by atoms with Crippen molar-refractivity contribution < 1.29 is 9.84 Å². The average molecular weight is 249 g/mol. The highest BCUT2D eigenvalue weighted by Crippen LogP contribution is 2.22. The number of nitrogens with two attached hydrogens (primary N) is 1. The van der Waals surface area contributed by atoms with Crippen molar-refractivity contribution in [1.82, 2.24) is 0 Å². The van der Waals surface area contributed by atoms with Crippen LogP contribution in [0.4, 0.5) is 0 Å². The molecule has 0 amide bonds. The van der Waals surface area contributed by atoms with E-state index in [1.54, 1.807) is 6.92 Å². The van der Waals surface area contributed by atoms with Crippen LogP contribution in [0.25, 0.3) is 5.57 Å². The maximum Gasteiger partial charge on any atom is 0.119 e. The van der Waals surface area contributed by atoms with Crippen LogP contribution in [0.2, 0.25) is 0 Å². The van der Waals surface area contributed by atoms with Crippen molar-refractivity contribution in [3.63, 3.8) is 0 Å². The molecule has 2 unspecified atom stereocenters. The molecule has 0 aromatic heterocycles. The highest BCUT2D eigenvalue weighted by Gasteiger charge is 2.13. The van der Waals surface area contributed by atoms with Gasteiger partial charge in [0.2, 0.25) is 0 Å². The zero-order valence-corrected chi connectivity index (χ0v) is 11.4. The molecule has 0 saturated heterocycles. The van der Waals surface area contributed by atoms with Crippen molar-refractivity contribution in [2.24, 2.45) is 11.7 Å². The van der Waals surface area contributed by atoms with E-state index < -0.39 is 6.10 Å². The number of aliphatic hydroxyl groups excluding tert-OH is 1. The van der Waals surface area contributed by atoms with Crippen LogP contribution in [0, 0.1) is 5.92 Å². The largest absolute Gasteiger partial charge is 0.491 e. The molecule has 0 aliphatic heterocycles. The number of hydrogen-bond acceptors (Lipinski definition) is 3. The van der Waals surface area contributed by atoms with E-state index >= 15 is 0 Å². The first kappa shape index (κ1) is 14.7. The summed E-state index contributed by atoms with van der Waals surface area (Å²) >= 11 is 0. The van der Waals surface area contributed by atoms with Crippen LogP contribution in [0.3, 0.4) is 0 Å². The molecule has 1 aromatic rings. The Bertz CT molecular complexity index is 382. The first-order valence-electron chi connectivity index (χ1n) is 6.27. The van der Waals surface area contributed by atoms with Gasteiger partial charge in [-0.05, 0) is 36.1 Å². The predicted octanol–water partition coefficient (Wildman–Crippen LogP) is 2.44. The van der Waals surface area contributed by atoms with Gasteiger partial charge in [-0.1, -0.05) is 32.6 Å². The quantitative estimate of drug-likeness (QED) is 0.814. The SMILES string of the molecule is C=C(c1ccc(OCC(C)O)cc1)C(N)C(C)C. The Hall–Kier alpha value is -1.32. The summed E-state index contributed by atoms with van der Waals surface area (Å²) in [6.07, 6.45) is -0.464. The molecule has 0 radical (unpaired) electrons. The number of aliphatic hydroxyl groups is 1. The summed E-state index contributed by atoms with van der Waals surface area (Å²) in [6.45, 7) is 10.2. The molecule has 1 aromatic carbocycles. The highest BCUT2D eigenvalue weighted by atomic mass is 16.5. The summed E-state index contributed by atoms with van der Waals surface area (Å²) in [4.78, 5) is 0. The standard InChI is InChI=1S/C15H23NO2/c1-10(2)15(16)12(4)13-5-7-14(8-6-13)18-9-11(3)17/h5-8,10-11,15,17H,4,9,16H2,1-3H3. The van der Waals surface area contributed by atoms with Crippen LogP contribution in [-0.4, -0.2) is 23.9 Å². The lowest BCUT2D eigenvalue weighted by atomic mass is 9.93. The molecule has 18 heavy (non-hydrogen) atoms. The molecule has 0 heterocycles. The van der Waals surface area contributed by atoms with E-state index in [0.717, 1.165) is 16.9 Å². The predicted molar refractivity (Wildman–Crippen MR) is 75.5 cm³/mol. The molecule has 2 atom stereocenters. The molecular weight excluding hydrogens is 226 g/mol. The second kappa shape index (κ2) is 6.57. The zero-order valence-electron chi connectivity index (χ0n) is 11.4. The van der Waals surface area contributed by atoms with Gasteiger partial charge in [-0.2, -0.15) is 0 Å². The number of ether oxygens (including phenoxy) is 1. The summed E-state index contributed by atoms with van der Waals surface area (Å²) in [5, 5.41) is 9.13. The number of rotatable bonds is 6. The minimum Gasteiger partial charge on any atom is -0.491 e. The summed E-state index contributed by atoms with van der Waals surface area (Å²) in [7, 11) is 0. The van der Waals surface area contributed by atoms with Crippen molar-refractivity contribution >= 4 is 5.57 Å². The van der Waals surface area contributed by atoms with Gasteiger partial charge < -0.3 is 15.6 Å². The van der Waals surface area contributed by atoms with Crippen molar-refractivity contribution in [1.29, 1.82) is 0 Å². The molecular formula is C15H23NO2. The van der Waals surface area contributed by atoms with Crippen LogP contribution in [-0.2, 0) is 0 Å². The fourth-order valence-electron chi connectivity index (χ4n) is 1.58. The topological polar surface area (TPSA) is 55.5 Å². The monoisotopic (exact) mass is 249 g/mol. The Labute approximate surface area is 109 Å². The minimum atomic E-state index is -0.464. The molecule has 0 spiro atoms. The van der Waals surface area contributed by atoms with E-state index in [9.17, 15) is 0 Å². The van der Waals surface area contributed by atoms with Crippen LogP contribution in [0.15, 0.2) is 30.8 Å². The van der Waals surface area contributed by atoms with Gasteiger partial charge in [0.15, 0.2) is 0 Å². The molecule has 100 valence electrons. The first-order valence-corrected chi connectivity index (χ1v) is 6.27. The van der Waals surface area contributed by atoms with Gasteiger partial charge >= 0.3 is 0 Å². The van der Waals surface area contributed by atoms with Crippen molar-refractivity contribution in [2.75, 3.05) is 6.61 Å².